The van der Waals surface area contributed by atoms with E-state index in [1.54, 1.807) is 12.1 Å². The summed E-state index contributed by atoms with van der Waals surface area (Å²) in [4.78, 5) is 23.6. The number of carboxylic acid groups (broad SMARTS) is 1. The van der Waals surface area contributed by atoms with E-state index in [4.69, 9.17) is 16.7 Å². The molecule has 21 heavy (non-hydrogen) atoms. The van der Waals surface area contributed by atoms with E-state index < -0.39 is 10.9 Å². The molecule has 1 aliphatic heterocycles. The number of nitrogens with zero attached hydrogens (tertiary/aromatic N) is 2. The van der Waals surface area contributed by atoms with Crippen LogP contribution in [0, 0.1) is 10.1 Å². The number of carboxylic acids is 1. The van der Waals surface area contributed by atoms with Crippen molar-refractivity contribution in [3.05, 3.63) is 38.9 Å². The lowest BCUT2D eigenvalue weighted by Gasteiger charge is -2.34. The topological polar surface area (TPSA) is 83.7 Å². The van der Waals surface area contributed by atoms with Crippen molar-refractivity contribution in [2.24, 2.45) is 0 Å². The van der Waals surface area contributed by atoms with Crippen LogP contribution in [0.25, 0.3) is 0 Å². The Hall–Kier alpha value is -1.66. The minimum absolute atomic E-state index is 0.0119. The van der Waals surface area contributed by atoms with Crippen molar-refractivity contribution in [1.82, 2.24) is 4.90 Å². The van der Waals surface area contributed by atoms with Crippen LogP contribution in [0.4, 0.5) is 5.69 Å². The molecule has 2 rings (SSSR count). The maximum atomic E-state index is 11.1. The number of halogens is 1. The molecule has 0 saturated carbocycles. The molecular weight excluding hydrogens is 296 g/mol. The molecule has 0 radical (unpaired) electrons. The Morgan fingerprint density at radius 1 is 1.48 bits per heavy atom. The van der Waals surface area contributed by atoms with Crippen molar-refractivity contribution in [2.45, 2.75) is 38.3 Å². The second-order valence-electron chi connectivity index (χ2n) is 5.25. The molecule has 1 aliphatic rings. The maximum absolute atomic E-state index is 11.1. The molecule has 114 valence electrons. The third kappa shape index (κ3) is 4.15. The first kappa shape index (κ1) is 15.7. The Morgan fingerprint density at radius 3 is 2.90 bits per heavy atom. The zero-order valence-electron chi connectivity index (χ0n) is 11.5. The summed E-state index contributed by atoms with van der Waals surface area (Å²) in [5.74, 6) is -0.836. The summed E-state index contributed by atoms with van der Waals surface area (Å²) in [5, 5.41) is 20.4. The van der Waals surface area contributed by atoms with Crippen molar-refractivity contribution in [3.8, 4) is 0 Å². The third-order valence-electron chi connectivity index (χ3n) is 3.78. The van der Waals surface area contributed by atoms with Gasteiger partial charge in [-0.2, -0.15) is 0 Å². The second-order valence-corrected chi connectivity index (χ2v) is 5.68. The second kappa shape index (κ2) is 6.87. The Morgan fingerprint density at radius 2 is 2.24 bits per heavy atom. The highest BCUT2D eigenvalue weighted by Gasteiger charge is 2.26. The van der Waals surface area contributed by atoms with Crippen molar-refractivity contribution < 1.29 is 14.8 Å². The van der Waals surface area contributed by atoms with Crippen LogP contribution in [-0.4, -0.2) is 33.5 Å². The van der Waals surface area contributed by atoms with Crippen molar-refractivity contribution >= 4 is 23.3 Å². The fourth-order valence-corrected chi connectivity index (χ4v) is 2.93. The van der Waals surface area contributed by atoms with Gasteiger partial charge in [-0.25, -0.2) is 0 Å². The molecule has 1 aromatic rings. The maximum Gasteiger partial charge on any atom is 0.304 e. The molecule has 6 nitrogen and oxygen atoms in total. The molecule has 0 aromatic heterocycles. The largest absolute Gasteiger partial charge is 0.481 e. The molecule has 1 aromatic carbocycles. The Labute approximate surface area is 127 Å². The number of nitro groups is 1. The number of benzene rings is 1. The minimum Gasteiger partial charge on any atom is -0.481 e. The summed E-state index contributed by atoms with van der Waals surface area (Å²) in [6, 6.07) is 4.55. The molecule has 0 bridgehead atoms. The highest BCUT2D eigenvalue weighted by Crippen LogP contribution is 2.28. The van der Waals surface area contributed by atoms with E-state index in [0.717, 1.165) is 25.8 Å². The summed E-state index contributed by atoms with van der Waals surface area (Å²) >= 11 is 5.81. The van der Waals surface area contributed by atoms with E-state index in [0.29, 0.717) is 17.1 Å². The lowest BCUT2D eigenvalue weighted by atomic mass is 9.98. The number of piperidine rings is 1. The van der Waals surface area contributed by atoms with Crippen molar-refractivity contribution in [2.75, 3.05) is 6.54 Å². The average Bonchev–Trinajstić information content (AvgIpc) is 2.42. The van der Waals surface area contributed by atoms with Crippen LogP contribution in [0.1, 0.15) is 31.2 Å². The van der Waals surface area contributed by atoms with Crippen molar-refractivity contribution in [1.29, 1.82) is 0 Å². The van der Waals surface area contributed by atoms with E-state index in [1.165, 1.54) is 6.07 Å². The van der Waals surface area contributed by atoms with Gasteiger partial charge in [0.25, 0.3) is 5.69 Å². The summed E-state index contributed by atoms with van der Waals surface area (Å²) in [7, 11) is 0. The van der Waals surface area contributed by atoms with Gasteiger partial charge in [0.05, 0.1) is 11.3 Å². The summed E-state index contributed by atoms with van der Waals surface area (Å²) in [5.41, 5.74) is 0.559. The van der Waals surface area contributed by atoms with Gasteiger partial charge in [-0.05, 0) is 31.5 Å². The molecule has 1 atom stereocenters. The number of hydrogen-bond donors (Lipinski definition) is 1. The van der Waals surface area contributed by atoms with Crippen LogP contribution in [0.2, 0.25) is 5.02 Å². The third-order valence-corrected chi connectivity index (χ3v) is 4.01. The normalized spacial score (nSPS) is 19.4. The van der Waals surface area contributed by atoms with E-state index in [-0.39, 0.29) is 18.2 Å². The van der Waals surface area contributed by atoms with E-state index in [9.17, 15) is 14.9 Å². The molecular formula is C14H17ClN2O4. The van der Waals surface area contributed by atoms with Gasteiger partial charge in [0.2, 0.25) is 0 Å². The first-order valence-corrected chi connectivity index (χ1v) is 7.24. The molecule has 0 aliphatic carbocycles. The predicted octanol–water partition coefficient (Wildman–Crippen LogP) is 3.08. The molecule has 0 amide bonds. The SMILES string of the molecule is O=C(O)CC1CCCCN1Cc1ccc(Cl)cc1[N+](=O)[O-]. The van der Waals surface area contributed by atoms with Crippen LogP contribution < -0.4 is 0 Å². The zero-order chi connectivity index (χ0) is 15.4. The van der Waals surface area contributed by atoms with Gasteiger partial charge in [-0.3, -0.25) is 19.8 Å². The van der Waals surface area contributed by atoms with Crippen LogP contribution in [-0.2, 0) is 11.3 Å². The van der Waals surface area contributed by atoms with Gasteiger partial charge in [-0.15, -0.1) is 0 Å². The summed E-state index contributed by atoms with van der Waals surface area (Å²) < 4.78 is 0. The van der Waals surface area contributed by atoms with Gasteiger partial charge >= 0.3 is 5.97 Å². The minimum atomic E-state index is -0.836. The number of hydrogen-bond acceptors (Lipinski definition) is 4. The number of rotatable bonds is 5. The van der Waals surface area contributed by atoms with Gasteiger partial charge < -0.3 is 5.11 Å². The Balaban J connectivity index is 2.19. The molecule has 1 N–H and O–H groups in total. The first-order chi connectivity index (χ1) is 9.97. The number of nitro benzene ring substituents is 1. The first-order valence-electron chi connectivity index (χ1n) is 6.86. The fourth-order valence-electron chi connectivity index (χ4n) is 2.76. The molecule has 1 saturated heterocycles. The molecule has 7 heteroatoms. The number of carbonyl (C=O) groups is 1. The van der Waals surface area contributed by atoms with E-state index in [1.807, 2.05) is 4.90 Å². The Kier molecular flexibility index (Phi) is 5.14. The fraction of sp³-hybridized carbons (Fsp3) is 0.500. The number of aliphatic carboxylic acids is 1. The smallest absolute Gasteiger partial charge is 0.304 e. The average molecular weight is 313 g/mol. The molecule has 1 heterocycles. The van der Waals surface area contributed by atoms with Crippen molar-refractivity contribution in [3.63, 3.8) is 0 Å². The van der Waals surface area contributed by atoms with E-state index in [2.05, 4.69) is 0 Å². The van der Waals surface area contributed by atoms with Gasteiger partial charge in [0.15, 0.2) is 0 Å². The lowest BCUT2D eigenvalue weighted by Crippen LogP contribution is -2.40. The summed E-state index contributed by atoms with van der Waals surface area (Å²) in [6.07, 6.45) is 2.86. The molecule has 0 spiro atoms. The molecule has 1 unspecified atom stereocenters. The highest BCUT2D eigenvalue weighted by molar-refractivity contribution is 6.30. The van der Waals surface area contributed by atoms with Crippen LogP contribution >= 0.6 is 11.6 Å². The van der Waals surface area contributed by atoms with Crippen LogP contribution in [0.5, 0.6) is 0 Å². The quantitative estimate of drug-likeness (QED) is 0.667. The summed E-state index contributed by atoms with van der Waals surface area (Å²) in [6.45, 7) is 1.14. The van der Waals surface area contributed by atoms with Crippen LogP contribution in [0.3, 0.4) is 0 Å². The predicted molar refractivity (Wildman–Crippen MR) is 78.4 cm³/mol. The lowest BCUT2D eigenvalue weighted by molar-refractivity contribution is -0.385. The monoisotopic (exact) mass is 312 g/mol. The standard InChI is InChI=1S/C14H17ClN2O4/c15-11-5-4-10(13(7-11)17(20)21)9-16-6-2-1-3-12(16)8-14(18)19/h4-5,7,12H,1-3,6,8-9H2,(H,18,19). The van der Waals surface area contributed by atoms with Gasteiger partial charge in [0, 0.05) is 29.2 Å². The molecule has 1 fully saturated rings. The number of likely N-dealkylation sites (tertiary alicyclic amines) is 1. The van der Waals surface area contributed by atoms with E-state index >= 15 is 0 Å². The van der Waals surface area contributed by atoms with Gasteiger partial charge in [0.1, 0.15) is 0 Å². The zero-order valence-corrected chi connectivity index (χ0v) is 12.3. The van der Waals surface area contributed by atoms with Crippen LogP contribution in [0.15, 0.2) is 18.2 Å². The van der Waals surface area contributed by atoms with Gasteiger partial charge in [-0.1, -0.05) is 18.0 Å². The highest BCUT2D eigenvalue weighted by atomic mass is 35.5. The Bertz CT molecular complexity index is 550.